The summed E-state index contributed by atoms with van der Waals surface area (Å²) >= 11 is 1.11. The van der Waals surface area contributed by atoms with E-state index in [1.165, 1.54) is 0 Å². The van der Waals surface area contributed by atoms with Crippen molar-refractivity contribution in [1.29, 1.82) is 0 Å². The third-order valence-corrected chi connectivity index (χ3v) is 7.62. The van der Waals surface area contributed by atoms with Crippen LogP contribution in [-0.4, -0.2) is 45.1 Å². The molecule has 0 saturated carbocycles. The zero-order valence-electron chi connectivity index (χ0n) is 22.3. The molecule has 10 heteroatoms. The van der Waals surface area contributed by atoms with Gasteiger partial charge < -0.3 is 20.4 Å². The van der Waals surface area contributed by atoms with Gasteiger partial charge in [0.25, 0.3) is 5.91 Å². The second kappa shape index (κ2) is 13.0. The summed E-state index contributed by atoms with van der Waals surface area (Å²) in [7, 11) is 0. The van der Waals surface area contributed by atoms with Gasteiger partial charge in [-0.05, 0) is 42.0 Å². The van der Waals surface area contributed by atoms with Crippen molar-refractivity contribution >= 4 is 39.1 Å². The first-order valence-corrected chi connectivity index (χ1v) is 14.0. The number of hydrogen-bond donors (Lipinski definition) is 3. The maximum Gasteiger partial charge on any atom is 0.326 e. The van der Waals surface area contributed by atoms with E-state index in [2.05, 4.69) is 10.5 Å². The molecule has 0 aliphatic carbocycles. The maximum atomic E-state index is 12.7. The molecule has 9 nitrogen and oxygen atoms in total. The fourth-order valence-corrected chi connectivity index (χ4v) is 5.50. The van der Waals surface area contributed by atoms with E-state index in [0.717, 1.165) is 32.7 Å². The Morgan fingerprint density at radius 3 is 2.19 bits per heavy atom. The molecule has 0 spiro atoms. The molecule has 1 atom stereocenters. The van der Waals surface area contributed by atoms with Gasteiger partial charge in [-0.3, -0.25) is 14.2 Å². The number of nitrogens with zero attached hydrogens (tertiary/aromatic N) is 2. The van der Waals surface area contributed by atoms with Gasteiger partial charge in [-0.1, -0.05) is 83.2 Å². The third kappa shape index (κ3) is 6.56. The molecule has 0 saturated heterocycles. The number of carboxylic acids is 1. The molecular weight excluding hydrogens is 554 g/mol. The van der Waals surface area contributed by atoms with Gasteiger partial charge in [-0.2, -0.15) is 0 Å². The summed E-state index contributed by atoms with van der Waals surface area (Å²) in [4.78, 5) is 36.8. The van der Waals surface area contributed by atoms with E-state index in [0.29, 0.717) is 29.1 Å². The Balaban J connectivity index is 1.20. The molecule has 0 aliphatic rings. The lowest BCUT2D eigenvalue weighted by atomic mass is 10.0. The molecule has 1 aromatic heterocycles. The van der Waals surface area contributed by atoms with Crippen molar-refractivity contribution < 1.29 is 24.6 Å². The SMILES string of the molecule is O=C(NC(Cc1ccc(OCCn2c(=O)sc3cc(/C(=N/O)c4ccccc4)ccc32)cc1)C(=O)O)c1ccccc1. The van der Waals surface area contributed by atoms with Crippen LogP contribution in [0, 0.1) is 0 Å². The molecule has 0 bridgehead atoms. The van der Waals surface area contributed by atoms with E-state index in [1.54, 1.807) is 59.2 Å². The van der Waals surface area contributed by atoms with Crippen LogP contribution in [0.25, 0.3) is 10.2 Å². The summed E-state index contributed by atoms with van der Waals surface area (Å²) in [6.07, 6.45) is 0.111. The highest BCUT2D eigenvalue weighted by atomic mass is 32.1. The van der Waals surface area contributed by atoms with E-state index in [-0.39, 0.29) is 17.9 Å². The number of aromatic nitrogens is 1. The molecule has 0 fully saturated rings. The summed E-state index contributed by atoms with van der Waals surface area (Å²) in [5.41, 5.74) is 3.76. The predicted molar refractivity (Wildman–Crippen MR) is 161 cm³/mol. The first kappa shape index (κ1) is 28.3. The minimum absolute atomic E-state index is 0.111. The summed E-state index contributed by atoms with van der Waals surface area (Å²) in [5.74, 6) is -1.01. The summed E-state index contributed by atoms with van der Waals surface area (Å²) < 4.78 is 8.27. The lowest BCUT2D eigenvalue weighted by Crippen LogP contribution is -2.42. The predicted octanol–water partition coefficient (Wildman–Crippen LogP) is 4.79. The monoisotopic (exact) mass is 581 g/mol. The molecule has 1 amide bonds. The molecule has 0 radical (unpaired) electrons. The van der Waals surface area contributed by atoms with E-state index < -0.39 is 17.9 Å². The molecule has 212 valence electrons. The number of carbonyl (C=O) groups excluding carboxylic acids is 1. The van der Waals surface area contributed by atoms with Crippen LogP contribution in [0.2, 0.25) is 0 Å². The molecule has 4 aromatic carbocycles. The number of fused-ring (bicyclic) bond motifs is 1. The first-order valence-electron chi connectivity index (χ1n) is 13.1. The van der Waals surface area contributed by atoms with Gasteiger partial charge in [0.1, 0.15) is 24.1 Å². The van der Waals surface area contributed by atoms with Crippen LogP contribution in [0.3, 0.4) is 0 Å². The molecule has 5 aromatic rings. The smallest absolute Gasteiger partial charge is 0.326 e. The Morgan fingerprint density at radius 2 is 1.55 bits per heavy atom. The van der Waals surface area contributed by atoms with Gasteiger partial charge in [0.2, 0.25) is 0 Å². The number of benzene rings is 4. The van der Waals surface area contributed by atoms with Gasteiger partial charge in [0.05, 0.1) is 16.8 Å². The summed E-state index contributed by atoms with van der Waals surface area (Å²) in [6.45, 7) is 0.567. The Kier molecular flexibility index (Phi) is 8.74. The third-order valence-electron chi connectivity index (χ3n) is 6.68. The van der Waals surface area contributed by atoms with Gasteiger partial charge >= 0.3 is 10.8 Å². The quantitative estimate of drug-likeness (QED) is 0.117. The van der Waals surface area contributed by atoms with Crippen LogP contribution in [0.4, 0.5) is 0 Å². The Bertz CT molecular complexity index is 1780. The van der Waals surface area contributed by atoms with Crippen molar-refractivity contribution in [3.8, 4) is 5.75 Å². The molecule has 1 unspecified atom stereocenters. The van der Waals surface area contributed by atoms with E-state index in [4.69, 9.17) is 4.74 Å². The van der Waals surface area contributed by atoms with Crippen LogP contribution in [0.15, 0.2) is 113 Å². The first-order chi connectivity index (χ1) is 20.4. The van der Waals surface area contributed by atoms with Gasteiger partial charge in [-0.25, -0.2) is 4.79 Å². The molecular formula is C32H27N3O6S. The van der Waals surface area contributed by atoms with Crippen LogP contribution in [0.5, 0.6) is 5.75 Å². The van der Waals surface area contributed by atoms with Crippen molar-refractivity contribution in [3.05, 3.63) is 135 Å². The van der Waals surface area contributed by atoms with Gasteiger partial charge in [-0.15, -0.1) is 0 Å². The van der Waals surface area contributed by atoms with Crippen LogP contribution in [0.1, 0.15) is 27.0 Å². The second-order valence-electron chi connectivity index (χ2n) is 9.44. The minimum Gasteiger partial charge on any atom is -0.492 e. The largest absolute Gasteiger partial charge is 0.492 e. The fraction of sp³-hybridized carbons (Fsp3) is 0.125. The minimum atomic E-state index is -1.12. The highest BCUT2D eigenvalue weighted by Crippen LogP contribution is 2.22. The molecule has 0 aliphatic heterocycles. The Hall–Kier alpha value is -5.22. The number of hydrogen-bond acceptors (Lipinski definition) is 7. The summed E-state index contributed by atoms with van der Waals surface area (Å²) in [6, 6.07) is 29.1. The number of thiazole rings is 1. The second-order valence-corrected chi connectivity index (χ2v) is 10.4. The molecule has 1 heterocycles. The zero-order chi connectivity index (χ0) is 29.5. The van der Waals surface area contributed by atoms with Crippen LogP contribution in [-0.2, 0) is 17.8 Å². The number of nitrogens with one attached hydrogen (secondary N) is 1. The van der Waals surface area contributed by atoms with Gasteiger partial charge in [0, 0.05) is 23.1 Å². The average Bonchev–Trinajstić information content (AvgIpc) is 3.33. The zero-order valence-corrected chi connectivity index (χ0v) is 23.2. The van der Waals surface area contributed by atoms with E-state index in [9.17, 15) is 24.7 Å². The molecule has 42 heavy (non-hydrogen) atoms. The molecule has 5 rings (SSSR count). The van der Waals surface area contributed by atoms with Crippen LogP contribution < -0.4 is 14.9 Å². The fourth-order valence-electron chi connectivity index (χ4n) is 4.55. The van der Waals surface area contributed by atoms with Crippen molar-refractivity contribution in [3.63, 3.8) is 0 Å². The Labute approximate surface area is 244 Å². The topological polar surface area (TPSA) is 130 Å². The van der Waals surface area contributed by atoms with E-state index >= 15 is 0 Å². The van der Waals surface area contributed by atoms with Crippen molar-refractivity contribution in [2.24, 2.45) is 5.16 Å². The maximum absolute atomic E-state index is 12.7. The number of oxime groups is 1. The van der Waals surface area contributed by atoms with Gasteiger partial charge in [0.15, 0.2) is 0 Å². The summed E-state index contributed by atoms with van der Waals surface area (Å²) in [5, 5.41) is 25.3. The number of carbonyl (C=O) groups is 2. The standard InChI is InChI=1S/C32H27N3O6S/c36-30(23-9-5-2-6-10-23)33-26(31(37)38)19-21-11-14-25(15-12-21)41-18-17-35-27-16-13-24(20-28(27)42-32(35)39)29(34-40)22-7-3-1-4-8-22/h1-16,20,26,40H,17-19H2,(H,33,36)(H,37,38)/b34-29+. The Morgan fingerprint density at radius 1 is 0.881 bits per heavy atom. The number of rotatable bonds is 11. The number of ether oxygens (including phenoxy) is 1. The number of aliphatic carboxylic acids is 1. The van der Waals surface area contributed by atoms with Crippen molar-refractivity contribution in [2.45, 2.75) is 19.0 Å². The highest BCUT2D eigenvalue weighted by Gasteiger charge is 2.21. The van der Waals surface area contributed by atoms with Crippen molar-refractivity contribution in [2.75, 3.05) is 6.61 Å². The lowest BCUT2D eigenvalue weighted by molar-refractivity contribution is -0.139. The van der Waals surface area contributed by atoms with E-state index in [1.807, 2.05) is 48.5 Å². The van der Waals surface area contributed by atoms with Crippen molar-refractivity contribution in [1.82, 2.24) is 9.88 Å². The lowest BCUT2D eigenvalue weighted by Gasteiger charge is -2.15. The highest BCUT2D eigenvalue weighted by molar-refractivity contribution is 7.16. The number of amides is 1. The van der Waals surface area contributed by atoms with Crippen LogP contribution >= 0.6 is 11.3 Å². The average molecular weight is 582 g/mol. The molecule has 3 N–H and O–H groups in total. The normalized spacial score (nSPS) is 12.1. The number of carboxylic acid groups (broad SMARTS) is 1.